The number of hydrogen-bond donors (Lipinski definition) is 1. The maximum atomic E-state index is 12.2. The van der Waals surface area contributed by atoms with E-state index in [-0.39, 0.29) is 23.4 Å². The molecule has 0 radical (unpaired) electrons. The number of amides is 2. The molecular weight excluding hydrogens is 428 g/mol. The average molecular weight is 453 g/mol. The summed E-state index contributed by atoms with van der Waals surface area (Å²) >= 11 is 2.01. The van der Waals surface area contributed by atoms with Crippen LogP contribution >= 0.6 is 23.5 Å². The number of thioether (sulfide) groups is 2. The normalized spacial score (nSPS) is 9.93. The highest BCUT2D eigenvalue weighted by molar-refractivity contribution is 8.14. The molecule has 10 heteroatoms. The van der Waals surface area contributed by atoms with E-state index < -0.39 is 12.2 Å². The molecule has 0 spiro atoms. The average Bonchev–Trinajstić information content (AvgIpc) is 2.74. The molecule has 1 aromatic rings. The van der Waals surface area contributed by atoms with Gasteiger partial charge in [-0.1, -0.05) is 42.7 Å². The van der Waals surface area contributed by atoms with E-state index in [1.807, 2.05) is 0 Å². The molecule has 2 amide bonds. The van der Waals surface area contributed by atoms with Gasteiger partial charge in [-0.3, -0.25) is 19.8 Å². The molecule has 1 N–H and O–H groups in total. The van der Waals surface area contributed by atoms with Gasteiger partial charge in [0.15, 0.2) is 0 Å². The number of carbonyl (C=O) groups excluding carboxylic acids is 4. The van der Waals surface area contributed by atoms with E-state index in [9.17, 15) is 19.2 Å². The number of anilines is 2. The zero-order chi connectivity index (χ0) is 22.5. The lowest BCUT2D eigenvalue weighted by Gasteiger charge is -2.19. The minimum atomic E-state index is -0.670. The van der Waals surface area contributed by atoms with Crippen LogP contribution in [0.3, 0.4) is 0 Å². The number of nitrogens with one attached hydrogen (secondary N) is 1. The van der Waals surface area contributed by atoms with Gasteiger partial charge in [0, 0.05) is 29.9 Å². The van der Waals surface area contributed by atoms with Gasteiger partial charge in [0.25, 0.3) is 0 Å². The highest BCUT2D eigenvalue weighted by atomic mass is 32.2. The molecule has 0 saturated carbocycles. The zero-order valence-corrected chi connectivity index (χ0v) is 18.5. The molecule has 0 saturated heterocycles. The number of ether oxygens (including phenoxy) is 2. The van der Waals surface area contributed by atoms with Gasteiger partial charge in [0.05, 0.1) is 0 Å². The fourth-order valence-electron chi connectivity index (χ4n) is 1.97. The summed E-state index contributed by atoms with van der Waals surface area (Å²) in [4.78, 5) is 47.6. The molecule has 0 aromatic heterocycles. The number of rotatable bonds is 10. The minimum absolute atomic E-state index is 0.0629. The van der Waals surface area contributed by atoms with Crippen LogP contribution < -0.4 is 10.2 Å². The van der Waals surface area contributed by atoms with Crippen LogP contribution in [0.15, 0.2) is 43.5 Å². The molecule has 30 heavy (non-hydrogen) atoms. The third kappa shape index (κ3) is 9.19. The SMILES string of the molecule is C=CC(=O)SCCOC(=O)Nc1cc(N(C)C(=O)OCCSC(=O)C=C)ccc1C. The fraction of sp³-hybridized carbons (Fsp3) is 0.300. The van der Waals surface area contributed by atoms with Crippen molar-refractivity contribution in [1.29, 1.82) is 0 Å². The minimum Gasteiger partial charge on any atom is -0.448 e. The Balaban J connectivity index is 2.58. The van der Waals surface area contributed by atoms with Gasteiger partial charge < -0.3 is 9.47 Å². The first-order valence-corrected chi connectivity index (χ1v) is 10.8. The summed E-state index contributed by atoms with van der Waals surface area (Å²) in [6, 6.07) is 5.07. The number of benzene rings is 1. The lowest BCUT2D eigenvalue weighted by atomic mass is 10.1. The monoisotopic (exact) mass is 452 g/mol. The maximum Gasteiger partial charge on any atom is 0.414 e. The molecule has 0 aliphatic rings. The quantitative estimate of drug-likeness (QED) is 0.420. The largest absolute Gasteiger partial charge is 0.448 e. The van der Waals surface area contributed by atoms with Crippen molar-refractivity contribution in [2.75, 3.05) is 42.0 Å². The van der Waals surface area contributed by atoms with Gasteiger partial charge in [-0.15, -0.1) is 0 Å². The summed E-state index contributed by atoms with van der Waals surface area (Å²) in [6.07, 6.45) is 1.13. The van der Waals surface area contributed by atoms with E-state index in [4.69, 9.17) is 9.47 Å². The van der Waals surface area contributed by atoms with Crippen molar-refractivity contribution >= 4 is 57.3 Å². The maximum absolute atomic E-state index is 12.2. The summed E-state index contributed by atoms with van der Waals surface area (Å²) in [5.74, 6) is 0.649. The molecule has 0 fully saturated rings. The predicted octanol–water partition coefficient (Wildman–Crippen LogP) is 4.01. The summed E-state index contributed by atoms with van der Waals surface area (Å²) < 4.78 is 10.2. The molecule has 1 aromatic carbocycles. The van der Waals surface area contributed by atoms with Crippen molar-refractivity contribution in [2.24, 2.45) is 0 Å². The number of nitrogens with zero attached hydrogens (tertiary/aromatic N) is 1. The van der Waals surface area contributed by atoms with Crippen LogP contribution in [0.4, 0.5) is 21.0 Å². The summed E-state index contributed by atoms with van der Waals surface area (Å²) in [5.41, 5.74) is 1.75. The van der Waals surface area contributed by atoms with E-state index in [0.29, 0.717) is 22.9 Å². The molecule has 0 unspecified atom stereocenters. The van der Waals surface area contributed by atoms with Gasteiger partial charge in [0.2, 0.25) is 10.2 Å². The first-order valence-electron chi connectivity index (χ1n) is 8.81. The van der Waals surface area contributed by atoms with Crippen molar-refractivity contribution in [3.05, 3.63) is 49.1 Å². The molecule has 1 rings (SSSR count). The molecule has 0 bridgehead atoms. The van der Waals surface area contributed by atoms with Crippen LogP contribution in [0.5, 0.6) is 0 Å². The van der Waals surface area contributed by atoms with Gasteiger partial charge in [0.1, 0.15) is 13.2 Å². The van der Waals surface area contributed by atoms with E-state index in [1.165, 1.54) is 24.1 Å². The van der Waals surface area contributed by atoms with Crippen LogP contribution in [0.1, 0.15) is 5.56 Å². The third-order valence-electron chi connectivity index (χ3n) is 3.57. The predicted molar refractivity (Wildman–Crippen MR) is 121 cm³/mol. The highest BCUT2D eigenvalue weighted by Crippen LogP contribution is 2.23. The Morgan fingerprint density at radius 3 is 2.17 bits per heavy atom. The molecule has 162 valence electrons. The topological polar surface area (TPSA) is 102 Å². The molecule has 0 aliphatic carbocycles. The van der Waals surface area contributed by atoms with Crippen LogP contribution in [-0.4, -0.2) is 54.2 Å². The van der Waals surface area contributed by atoms with Gasteiger partial charge in [-0.25, -0.2) is 9.59 Å². The second-order valence-electron chi connectivity index (χ2n) is 5.68. The Labute approximate surface area is 184 Å². The van der Waals surface area contributed by atoms with Crippen molar-refractivity contribution in [2.45, 2.75) is 6.92 Å². The van der Waals surface area contributed by atoms with E-state index in [1.54, 1.807) is 25.1 Å². The number of hydrogen-bond acceptors (Lipinski definition) is 8. The third-order valence-corrected chi connectivity index (χ3v) is 5.21. The lowest BCUT2D eigenvalue weighted by molar-refractivity contribution is -0.107. The molecule has 0 aliphatic heterocycles. The summed E-state index contributed by atoms with van der Waals surface area (Å²) in [6.45, 7) is 8.66. The highest BCUT2D eigenvalue weighted by Gasteiger charge is 2.15. The Bertz CT molecular complexity index is 812. The van der Waals surface area contributed by atoms with Crippen LogP contribution in [0.2, 0.25) is 0 Å². The number of carbonyl (C=O) groups is 4. The lowest BCUT2D eigenvalue weighted by Crippen LogP contribution is -2.28. The Morgan fingerprint density at radius 2 is 1.60 bits per heavy atom. The fourth-order valence-corrected chi connectivity index (χ4v) is 2.94. The Hall–Kier alpha value is -2.72. The van der Waals surface area contributed by atoms with Crippen molar-refractivity contribution in [3.63, 3.8) is 0 Å². The van der Waals surface area contributed by atoms with Crippen LogP contribution in [0.25, 0.3) is 0 Å². The molecule has 0 heterocycles. The summed E-state index contributed by atoms with van der Waals surface area (Å²) in [7, 11) is 1.53. The summed E-state index contributed by atoms with van der Waals surface area (Å²) in [5, 5.41) is 2.23. The molecule has 8 nitrogen and oxygen atoms in total. The first kappa shape index (κ1) is 25.3. The molecule has 0 atom stereocenters. The van der Waals surface area contributed by atoms with Crippen LogP contribution in [0, 0.1) is 6.92 Å². The second kappa shape index (κ2) is 13.5. The van der Waals surface area contributed by atoms with Gasteiger partial charge in [-0.05, 0) is 36.8 Å². The standard InChI is InChI=1S/C20H24N2O6S2/c1-5-17(23)29-11-9-27-19(25)21-16-13-15(8-7-14(16)3)22(4)20(26)28-10-12-30-18(24)6-2/h5-8,13H,1-2,9-12H2,3-4H3,(H,21,25). The number of aryl methyl sites for hydroxylation is 1. The van der Waals surface area contributed by atoms with Crippen molar-refractivity contribution < 1.29 is 28.7 Å². The van der Waals surface area contributed by atoms with E-state index >= 15 is 0 Å². The molecular formula is C20H24N2O6S2. The van der Waals surface area contributed by atoms with Crippen molar-refractivity contribution in [1.82, 2.24) is 0 Å². The second-order valence-corrected chi connectivity index (χ2v) is 7.88. The van der Waals surface area contributed by atoms with Crippen LogP contribution in [-0.2, 0) is 19.1 Å². The Morgan fingerprint density at radius 1 is 1.03 bits per heavy atom. The van der Waals surface area contributed by atoms with E-state index in [2.05, 4.69) is 18.5 Å². The first-order chi connectivity index (χ1) is 14.3. The van der Waals surface area contributed by atoms with Gasteiger partial charge >= 0.3 is 12.2 Å². The zero-order valence-electron chi connectivity index (χ0n) is 16.8. The Kier molecular flexibility index (Phi) is 11.4. The van der Waals surface area contributed by atoms with E-state index in [0.717, 1.165) is 29.1 Å². The van der Waals surface area contributed by atoms with Crippen molar-refractivity contribution in [3.8, 4) is 0 Å². The smallest absolute Gasteiger partial charge is 0.414 e. The van der Waals surface area contributed by atoms with Gasteiger partial charge in [-0.2, -0.15) is 0 Å².